The number of methoxy groups -OCH3 is 1. The second-order valence-electron chi connectivity index (χ2n) is 4.71. The third-order valence-electron chi connectivity index (χ3n) is 3.08. The molecule has 0 aliphatic heterocycles. The lowest BCUT2D eigenvalue weighted by atomic mass is 10.1. The SMILES string of the molecule is COc1cc(C)ccc1C(C)NCc1ncc(C)s1. The molecule has 19 heavy (non-hydrogen) atoms. The van der Waals surface area contributed by atoms with Crippen LogP contribution in [0.2, 0.25) is 0 Å². The molecule has 0 amide bonds. The smallest absolute Gasteiger partial charge is 0.123 e. The summed E-state index contributed by atoms with van der Waals surface area (Å²) in [6.45, 7) is 7.08. The molecule has 1 heterocycles. The highest BCUT2D eigenvalue weighted by Gasteiger charge is 2.11. The van der Waals surface area contributed by atoms with Gasteiger partial charge in [-0.05, 0) is 32.4 Å². The summed E-state index contributed by atoms with van der Waals surface area (Å²) in [6.07, 6.45) is 1.92. The Morgan fingerprint density at radius 1 is 1.37 bits per heavy atom. The molecule has 1 aromatic carbocycles. The summed E-state index contributed by atoms with van der Waals surface area (Å²) in [4.78, 5) is 5.61. The first-order valence-electron chi connectivity index (χ1n) is 6.39. The summed E-state index contributed by atoms with van der Waals surface area (Å²) in [5.74, 6) is 0.940. The van der Waals surface area contributed by atoms with Crippen LogP contribution < -0.4 is 10.1 Å². The molecule has 0 saturated heterocycles. The second kappa shape index (κ2) is 6.17. The van der Waals surface area contributed by atoms with E-state index in [4.69, 9.17) is 4.74 Å². The van der Waals surface area contributed by atoms with Gasteiger partial charge in [0.15, 0.2) is 0 Å². The van der Waals surface area contributed by atoms with Crippen LogP contribution in [-0.2, 0) is 6.54 Å². The largest absolute Gasteiger partial charge is 0.496 e. The van der Waals surface area contributed by atoms with Gasteiger partial charge in [-0.1, -0.05) is 12.1 Å². The minimum absolute atomic E-state index is 0.236. The molecule has 3 nitrogen and oxygen atoms in total. The minimum atomic E-state index is 0.236. The number of aromatic nitrogens is 1. The number of ether oxygens (including phenoxy) is 1. The molecule has 102 valence electrons. The Hall–Kier alpha value is -1.39. The van der Waals surface area contributed by atoms with Crippen molar-refractivity contribution in [3.8, 4) is 5.75 Å². The van der Waals surface area contributed by atoms with Gasteiger partial charge >= 0.3 is 0 Å². The number of thiazole rings is 1. The van der Waals surface area contributed by atoms with Crippen LogP contribution in [0.3, 0.4) is 0 Å². The third-order valence-corrected chi connectivity index (χ3v) is 4.00. The monoisotopic (exact) mass is 276 g/mol. The van der Waals surface area contributed by atoms with Crippen molar-refractivity contribution < 1.29 is 4.74 Å². The van der Waals surface area contributed by atoms with Crippen LogP contribution in [0.1, 0.15) is 34.0 Å². The Balaban J connectivity index is 2.05. The molecule has 0 fully saturated rings. The van der Waals surface area contributed by atoms with Crippen molar-refractivity contribution in [2.75, 3.05) is 7.11 Å². The van der Waals surface area contributed by atoms with E-state index < -0.39 is 0 Å². The van der Waals surface area contributed by atoms with Gasteiger partial charge in [0.2, 0.25) is 0 Å². The first-order valence-corrected chi connectivity index (χ1v) is 7.21. The Kier molecular flexibility index (Phi) is 4.56. The zero-order valence-corrected chi connectivity index (χ0v) is 12.7. The second-order valence-corrected chi connectivity index (χ2v) is 6.03. The van der Waals surface area contributed by atoms with Crippen molar-refractivity contribution >= 4 is 11.3 Å². The van der Waals surface area contributed by atoms with Crippen LogP contribution in [0.25, 0.3) is 0 Å². The average molecular weight is 276 g/mol. The molecule has 1 aromatic heterocycles. The summed E-state index contributed by atoms with van der Waals surface area (Å²) in [5.41, 5.74) is 2.39. The highest BCUT2D eigenvalue weighted by atomic mass is 32.1. The van der Waals surface area contributed by atoms with Crippen molar-refractivity contribution in [3.05, 3.63) is 45.4 Å². The van der Waals surface area contributed by atoms with Gasteiger partial charge < -0.3 is 10.1 Å². The lowest BCUT2D eigenvalue weighted by Gasteiger charge is -2.17. The van der Waals surface area contributed by atoms with Gasteiger partial charge in [0, 0.05) is 29.2 Å². The maximum atomic E-state index is 5.45. The van der Waals surface area contributed by atoms with E-state index in [1.54, 1.807) is 18.4 Å². The topological polar surface area (TPSA) is 34.1 Å². The predicted molar refractivity (Wildman–Crippen MR) is 79.8 cm³/mol. The van der Waals surface area contributed by atoms with Crippen LogP contribution >= 0.6 is 11.3 Å². The molecule has 1 atom stereocenters. The molecule has 2 aromatic rings. The Bertz CT molecular complexity index is 551. The van der Waals surface area contributed by atoms with Gasteiger partial charge in [-0.15, -0.1) is 11.3 Å². The number of nitrogens with one attached hydrogen (secondary N) is 1. The fourth-order valence-electron chi connectivity index (χ4n) is 2.01. The van der Waals surface area contributed by atoms with Crippen molar-refractivity contribution in [2.24, 2.45) is 0 Å². The molecule has 4 heteroatoms. The van der Waals surface area contributed by atoms with E-state index >= 15 is 0 Å². The molecule has 0 aliphatic carbocycles. The van der Waals surface area contributed by atoms with Gasteiger partial charge in [-0.3, -0.25) is 0 Å². The van der Waals surface area contributed by atoms with Gasteiger partial charge in [0.25, 0.3) is 0 Å². The van der Waals surface area contributed by atoms with Crippen LogP contribution in [-0.4, -0.2) is 12.1 Å². The van der Waals surface area contributed by atoms with Crippen molar-refractivity contribution in [1.29, 1.82) is 0 Å². The van der Waals surface area contributed by atoms with E-state index in [0.717, 1.165) is 17.3 Å². The van der Waals surface area contributed by atoms with Crippen molar-refractivity contribution in [1.82, 2.24) is 10.3 Å². The first-order chi connectivity index (χ1) is 9.10. The zero-order valence-electron chi connectivity index (χ0n) is 11.9. The molecule has 0 spiro atoms. The molecular formula is C15H20N2OS. The number of aryl methyl sites for hydroxylation is 2. The van der Waals surface area contributed by atoms with Gasteiger partial charge in [0.05, 0.1) is 7.11 Å². The first kappa shape index (κ1) is 14.0. The highest BCUT2D eigenvalue weighted by Crippen LogP contribution is 2.26. The highest BCUT2D eigenvalue weighted by molar-refractivity contribution is 7.11. The number of nitrogens with zero attached hydrogens (tertiary/aromatic N) is 1. The molecular weight excluding hydrogens is 256 g/mol. The average Bonchev–Trinajstić information content (AvgIpc) is 2.81. The molecule has 1 N–H and O–H groups in total. The summed E-state index contributed by atoms with van der Waals surface area (Å²) in [5, 5.41) is 4.61. The Morgan fingerprint density at radius 3 is 2.79 bits per heavy atom. The number of benzene rings is 1. The number of hydrogen-bond acceptors (Lipinski definition) is 4. The molecule has 0 bridgehead atoms. The quantitative estimate of drug-likeness (QED) is 0.905. The van der Waals surface area contributed by atoms with Crippen LogP contribution in [0.4, 0.5) is 0 Å². The third kappa shape index (κ3) is 3.55. The van der Waals surface area contributed by atoms with Crippen LogP contribution in [0, 0.1) is 13.8 Å². The van der Waals surface area contributed by atoms with Crippen molar-refractivity contribution in [2.45, 2.75) is 33.4 Å². The fourth-order valence-corrected chi connectivity index (χ4v) is 2.75. The van der Waals surface area contributed by atoms with E-state index in [1.807, 2.05) is 6.20 Å². The standard InChI is InChI=1S/C15H20N2OS/c1-10-5-6-13(14(7-10)18-4)12(3)16-9-15-17-8-11(2)19-15/h5-8,12,16H,9H2,1-4H3. The lowest BCUT2D eigenvalue weighted by molar-refractivity contribution is 0.401. The molecule has 1 unspecified atom stereocenters. The van der Waals surface area contributed by atoms with Crippen molar-refractivity contribution in [3.63, 3.8) is 0 Å². The van der Waals surface area contributed by atoms with Gasteiger partial charge in [-0.25, -0.2) is 4.98 Å². The summed E-state index contributed by atoms with van der Waals surface area (Å²) in [7, 11) is 1.72. The number of hydrogen-bond donors (Lipinski definition) is 1. The van der Waals surface area contributed by atoms with E-state index in [1.165, 1.54) is 16.0 Å². The normalized spacial score (nSPS) is 12.4. The Morgan fingerprint density at radius 2 is 2.16 bits per heavy atom. The lowest BCUT2D eigenvalue weighted by Crippen LogP contribution is -2.18. The maximum absolute atomic E-state index is 5.45. The van der Waals surface area contributed by atoms with E-state index in [9.17, 15) is 0 Å². The van der Waals surface area contributed by atoms with Gasteiger partial charge in [0.1, 0.15) is 10.8 Å². The summed E-state index contributed by atoms with van der Waals surface area (Å²) in [6, 6.07) is 6.54. The van der Waals surface area contributed by atoms with E-state index in [0.29, 0.717) is 0 Å². The molecule has 0 saturated carbocycles. The summed E-state index contributed by atoms with van der Waals surface area (Å²) >= 11 is 1.73. The molecule has 2 rings (SSSR count). The number of rotatable bonds is 5. The van der Waals surface area contributed by atoms with Crippen LogP contribution in [0.15, 0.2) is 24.4 Å². The zero-order chi connectivity index (χ0) is 13.8. The molecule has 0 radical (unpaired) electrons. The molecule has 0 aliphatic rings. The maximum Gasteiger partial charge on any atom is 0.123 e. The predicted octanol–water partition coefficient (Wildman–Crippen LogP) is 3.62. The minimum Gasteiger partial charge on any atom is -0.496 e. The van der Waals surface area contributed by atoms with E-state index in [2.05, 4.69) is 49.3 Å². The summed E-state index contributed by atoms with van der Waals surface area (Å²) < 4.78 is 5.45. The van der Waals surface area contributed by atoms with Crippen LogP contribution in [0.5, 0.6) is 5.75 Å². The van der Waals surface area contributed by atoms with E-state index in [-0.39, 0.29) is 6.04 Å². The Labute approximate surface area is 118 Å². The fraction of sp³-hybridized carbons (Fsp3) is 0.400. The van der Waals surface area contributed by atoms with Gasteiger partial charge in [-0.2, -0.15) is 0 Å².